The molecule has 0 saturated carbocycles. The minimum atomic E-state index is -0.431. The molecule has 2 aromatic rings. The maximum atomic E-state index is 14.0. The van der Waals surface area contributed by atoms with Gasteiger partial charge in [0.05, 0.1) is 12.2 Å². The highest BCUT2D eigenvalue weighted by molar-refractivity contribution is 6.17. The summed E-state index contributed by atoms with van der Waals surface area (Å²) in [5.41, 5.74) is 4.07. The maximum absolute atomic E-state index is 14.0. The number of esters is 1. The Morgan fingerprint density at radius 1 is 1.17 bits per heavy atom. The second-order valence-electron chi connectivity index (χ2n) is 7.61. The number of benzene rings is 2. The molecule has 2 aromatic carbocycles. The van der Waals surface area contributed by atoms with Gasteiger partial charge in [-0.15, -0.1) is 0 Å². The number of hydrogen-bond donors (Lipinski definition) is 0. The molecule has 4 heteroatoms. The molecule has 29 heavy (non-hydrogen) atoms. The van der Waals surface area contributed by atoms with E-state index >= 15 is 0 Å². The van der Waals surface area contributed by atoms with Gasteiger partial charge >= 0.3 is 5.97 Å². The van der Waals surface area contributed by atoms with Gasteiger partial charge in [-0.1, -0.05) is 43.9 Å². The second-order valence-corrected chi connectivity index (χ2v) is 7.61. The molecule has 0 amide bonds. The smallest absolute Gasteiger partial charge is 0.338 e. The summed E-state index contributed by atoms with van der Waals surface area (Å²) in [4.78, 5) is 22.9. The Kier molecular flexibility index (Phi) is 5.98. The van der Waals surface area contributed by atoms with E-state index in [1.165, 1.54) is 6.07 Å². The van der Waals surface area contributed by atoms with Crippen molar-refractivity contribution in [3.8, 4) is 11.8 Å². The van der Waals surface area contributed by atoms with Crippen LogP contribution in [0.4, 0.5) is 4.39 Å². The number of carbonyl (C=O) groups excluding carboxylic acids is 2. The van der Waals surface area contributed by atoms with Crippen molar-refractivity contribution in [3.63, 3.8) is 0 Å². The van der Waals surface area contributed by atoms with Gasteiger partial charge in [0, 0.05) is 17.5 Å². The summed E-state index contributed by atoms with van der Waals surface area (Å²) in [6.07, 6.45) is 3.40. The molecule has 148 valence electrons. The van der Waals surface area contributed by atoms with E-state index in [1.807, 2.05) is 24.3 Å². The third kappa shape index (κ3) is 4.46. The number of carbonyl (C=O) groups is 2. The third-order valence-electron chi connectivity index (χ3n) is 5.06. The van der Waals surface area contributed by atoms with Gasteiger partial charge in [0.1, 0.15) is 12.1 Å². The fourth-order valence-electron chi connectivity index (χ4n) is 3.42. The third-order valence-corrected chi connectivity index (χ3v) is 5.06. The minimum absolute atomic E-state index is 0.0514. The van der Waals surface area contributed by atoms with Gasteiger partial charge in [0.2, 0.25) is 0 Å². The second kappa shape index (κ2) is 8.45. The van der Waals surface area contributed by atoms with Gasteiger partial charge in [-0.3, -0.25) is 0 Å². The molecule has 0 fully saturated rings. The molecule has 1 aliphatic rings. The van der Waals surface area contributed by atoms with E-state index in [4.69, 9.17) is 4.74 Å². The molecule has 0 N–H and O–H groups in total. The van der Waals surface area contributed by atoms with Crippen molar-refractivity contribution in [1.82, 2.24) is 0 Å². The van der Waals surface area contributed by atoms with Gasteiger partial charge < -0.3 is 9.53 Å². The summed E-state index contributed by atoms with van der Waals surface area (Å²) < 4.78 is 19.2. The summed E-state index contributed by atoms with van der Waals surface area (Å²) in [5, 5.41) is 0. The highest BCUT2D eigenvalue weighted by Gasteiger charge is 2.31. The monoisotopic (exact) mass is 390 g/mol. The fourth-order valence-corrected chi connectivity index (χ4v) is 3.42. The first-order chi connectivity index (χ1) is 13.9. The van der Waals surface area contributed by atoms with Crippen LogP contribution in [0.1, 0.15) is 55.0 Å². The van der Waals surface area contributed by atoms with Crippen molar-refractivity contribution in [2.24, 2.45) is 0 Å². The first-order valence-corrected chi connectivity index (χ1v) is 9.62. The zero-order valence-electron chi connectivity index (χ0n) is 16.8. The Labute approximate surface area is 170 Å². The lowest BCUT2D eigenvalue weighted by atomic mass is 9.73. The molecule has 0 radical (unpaired) electrons. The van der Waals surface area contributed by atoms with E-state index in [2.05, 4.69) is 25.7 Å². The maximum Gasteiger partial charge on any atom is 0.338 e. The average molecular weight is 390 g/mol. The zero-order chi connectivity index (χ0) is 21.0. The Bertz CT molecular complexity index is 1050. The molecule has 3 nitrogen and oxygen atoms in total. The van der Waals surface area contributed by atoms with Gasteiger partial charge in [-0.05, 0) is 59.7 Å². The lowest BCUT2D eigenvalue weighted by Gasteiger charge is -2.31. The van der Waals surface area contributed by atoms with Crippen LogP contribution in [0.25, 0.3) is 5.57 Å². The summed E-state index contributed by atoms with van der Waals surface area (Å²) in [5.74, 6) is 5.31. The van der Waals surface area contributed by atoms with Crippen molar-refractivity contribution in [2.45, 2.75) is 39.0 Å². The number of rotatable bonds is 4. The molecule has 0 heterocycles. The van der Waals surface area contributed by atoms with Crippen LogP contribution in [0.3, 0.4) is 0 Å². The molecule has 0 atom stereocenters. The first-order valence-electron chi connectivity index (χ1n) is 9.62. The summed E-state index contributed by atoms with van der Waals surface area (Å²) in [6.45, 7) is 6.38. The molecule has 0 aromatic heterocycles. The molecule has 0 bridgehead atoms. The largest absolute Gasteiger partial charge is 0.462 e. The summed E-state index contributed by atoms with van der Waals surface area (Å²) >= 11 is 0. The van der Waals surface area contributed by atoms with Crippen LogP contribution in [0.2, 0.25) is 0 Å². The van der Waals surface area contributed by atoms with Crippen molar-refractivity contribution in [2.75, 3.05) is 6.61 Å². The van der Waals surface area contributed by atoms with E-state index in [9.17, 15) is 14.0 Å². The minimum Gasteiger partial charge on any atom is -0.462 e. The molecular weight excluding hydrogens is 367 g/mol. The normalized spacial score (nSPS) is 14.1. The van der Waals surface area contributed by atoms with E-state index in [-0.39, 0.29) is 17.8 Å². The van der Waals surface area contributed by atoms with Crippen LogP contribution in [0, 0.1) is 17.7 Å². The molecular formula is C25H23FO3. The van der Waals surface area contributed by atoms with Crippen molar-refractivity contribution in [3.05, 3.63) is 76.1 Å². The van der Waals surface area contributed by atoms with Crippen molar-refractivity contribution < 1.29 is 18.7 Å². The zero-order valence-corrected chi connectivity index (χ0v) is 16.8. The number of halogens is 1. The van der Waals surface area contributed by atoms with Crippen LogP contribution in [0.5, 0.6) is 0 Å². The number of allylic oxidation sites excluding steroid dienone is 1. The number of fused-ring (bicyclic) bond motifs is 1. The molecule has 0 spiro atoms. The predicted molar refractivity (Wildman–Crippen MR) is 111 cm³/mol. The molecule has 0 saturated heterocycles. The van der Waals surface area contributed by atoms with E-state index < -0.39 is 5.82 Å². The number of ether oxygens (including phenoxy) is 1. The van der Waals surface area contributed by atoms with Crippen molar-refractivity contribution >= 4 is 17.8 Å². The highest BCUT2D eigenvalue weighted by atomic mass is 19.1. The van der Waals surface area contributed by atoms with Gasteiger partial charge in [-0.2, -0.15) is 0 Å². The molecule has 3 rings (SSSR count). The van der Waals surface area contributed by atoms with Crippen LogP contribution < -0.4 is 0 Å². The summed E-state index contributed by atoms with van der Waals surface area (Å²) in [6, 6.07) is 10.4. The number of aldehydes is 1. The Morgan fingerprint density at radius 2 is 1.86 bits per heavy atom. The quantitative estimate of drug-likeness (QED) is 0.436. The SMILES string of the molecule is CCOC(=O)C1=CCC(C)(C)c2cc(C#Cc3ccc(CC=O)c(F)c3)ccc21. The Morgan fingerprint density at radius 3 is 2.52 bits per heavy atom. The van der Waals surface area contributed by atoms with Gasteiger partial charge in [-0.25, -0.2) is 9.18 Å². The predicted octanol–water partition coefficient (Wildman–Crippen LogP) is 4.59. The van der Waals surface area contributed by atoms with Crippen molar-refractivity contribution in [1.29, 1.82) is 0 Å². The Balaban J connectivity index is 1.94. The van der Waals surface area contributed by atoms with E-state index in [1.54, 1.807) is 19.1 Å². The Hall–Kier alpha value is -3.19. The molecule has 0 aliphatic heterocycles. The molecule has 1 aliphatic carbocycles. The molecule has 0 unspecified atom stereocenters. The van der Waals surface area contributed by atoms with Crippen LogP contribution in [-0.2, 0) is 26.2 Å². The topological polar surface area (TPSA) is 43.4 Å². The standard InChI is InChI=1S/C25H23FO3/c1-4-29-24(28)21-11-13-25(2,3)22-15-17(8-10-20(21)22)5-6-18-7-9-19(12-14-27)23(26)16-18/h7-11,14-16H,4,12-13H2,1-3H3. The van der Waals surface area contributed by atoms with Crippen LogP contribution in [0.15, 0.2) is 42.5 Å². The van der Waals surface area contributed by atoms with E-state index in [0.717, 1.165) is 23.1 Å². The highest BCUT2D eigenvalue weighted by Crippen LogP contribution is 2.39. The van der Waals surface area contributed by atoms with Crippen LogP contribution in [-0.4, -0.2) is 18.9 Å². The van der Waals surface area contributed by atoms with Crippen LogP contribution >= 0.6 is 0 Å². The van der Waals surface area contributed by atoms with Gasteiger partial charge in [0.25, 0.3) is 0 Å². The number of hydrogen-bond acceptors (Lipinski definition) is 3. The lowest BCUT2D eigenvalue weighted by Crippen LogP contribution is -2.24. The lowest BCUT2D eigenvalue weighted by molar-refractivity contribution is -0.136. The summed E-state index contributed by atoms with van der Waals surface area (Å²) in [7, 11) is 0. The van der Waals surface area contributed by atoms with Gasteiger partial charge in [0.15, 0.2) is 0 Å². The average Bonchev–Trinajstić information content (AvgIpc) is 2.69. The first kappa shape index (κ1) is 20.5. The fraction of sp³-hybridized carbons (Fsp3) is 0.280. The van der Waals surface area contributed by atoms with E-state index in [0.29, 0.717) is 29.6 Å².